The Morgan fingerprint density at radius 3 is 1.79 bits per heavy atom. The van der Waals surface area contributed by atoms with Crippen molar-refractivity contribution in [1.29, 1.82) is 0 Å². The normalized spacial score (nSPS) is 21.2. The summed E-state index contributed by atoms with van der Waals surface area (Å²) in [5, 5.41) is 2.77. The number of amides is 3. The molecule has 4 aliphatic rings. The minimum atomic E-state index is -0.679. The summed E-state index contributed by atoms with van der Waals surface area (Å²) >= 11 is 3.47. The number of benzene rings is 4. The van der Waals surface area contributed by atoms with Gasteiger partial charge in [-0.3, -0.25) is 14.4 Å². The van der Waals surface area contributed by atoms with E-state index in [0.717, 1.165) is 37.9 Å². The van der Waals surface area contributed by atoms with Gasteiger partial charge in [-0.2, -0.15) is 0 Å². The molecule has 1 fully saturated rings. The van der Waals surface area contributed by atoms with Crippen LogP contribution in [0.25, 0.3) is 0 Å². The molecular formula is C35H27BrN2O5. The van der Waals surface area contributed by atoms with Crippen LogP contribution in [-0.2, 0) is 19.1 Å². The zero-order chi connectivity index (χ0) is 30.0. The molecule has 0 saturated carbocycles. The summed E-state index contributed by atoms with van der Waals surface area (Å²) in [5.74, 6) is -2.92. The SMILES string of the molecule is Cc1cc(NC(=O)COC(=O)c2ccc(N3C(=O)[C@@H]4C5c6ccccc6C(c6ccccc65)[C@H]4C3=O)cc2)c(C)cc1Br. The van der Waals surface area contributed by atoms with Crippen LogP contribution < -0.4 is 10.2 Å². The molecule has 8 heteroatoms. The van der Waals surface area contributed by atoms with Gasteiger partial charge in [0.05, 0.1) is 23.1 Å². The number of carbonyl (C=O) groups excluding carboxylic acids is 4. The van der Waals surface area contributed by atoms with Gasteiger partial charge in [0.15, 0.2) is 6.61 Å². The van der Waals surface area contributed by atoms with Crippen molar-refractivity contribution in [3.8, 4) is 0 Å². The summed E-state index contributed by atoms with van der Waals surface area (Å²) in [5.41, 5.74) is 7.56. The molecule has 1 heterocycles. The van der Waals surface area contributed by atoms with E-state index in [9.17, 15) is 19.2 Å². The number of esters is 1. The van der Waals surface area contributed by atoms with Gasteiger partial charge in [0.1, 0.15) is 0 Å². The molecule has 1 saturated heterocycles. The predicted octanol–water partition coefficient (Wildman–Crippen LogP) is 6.26. The first kappa shape index (κ1) is 27.3. The van der Waals surface area contributed by atoms with Crippen molar-refractivity contribution < 1.29 is 23.9 Å². The van der Waals surface area contributed by atoms with Crippen molar-refractivity contribution in [1.82, 2.24) is 0 Å². The van der Waals surface area contributed by atoms with E-state index in [1.807, 2.05) is 50.2 Å². The van der Waals surface area contributed by atoms with E-state index in [2.05, 4.69) is 45.5 Å². The number of carbonyl (C=O) groups is 4. The largest absolute Gasteiger partial charge is 0.452 e. The molecular weight excluding hydrogens is 608 g/mol. The van der Waals surface area contributed by atoms with Gasteiger partial charge < -0.3 is 10.1 Å². The number of ether oxygens (including phenoxy) is 1. The van der Waals surface area contributed by atoms with Crippen molar-refractivity contribution in [2.75, 3.05) is 16.8 Å². The topological polar surface area (TPSA) is 92.8 Å². The predicted molar refractivity (Wildman–Crippen MR) is 165 cm³/mol. The summed E-state index contributed by atoms with van der Waals surface area (Å²) in [4.78, 5) is 54.3. The van der Waals surface area contributed by atoms with Crippen molar-refractivity contribution >= 4 is 51.0 Å². The van der Waals surface area contributed by atoms with Crippen LogP contribution in [0.15, 0.2) is 89.4 Å². The van der Waals surface area contributed by atoms with E-state index in [4.69, 9.17) is 4.74 Å². The Bertz CT molecular complexity index is 1730. The Morgan fingerprint density at radius 1 is 0.767 bits per heavy atom. The van der Waals surface area contributed by atoms with Crippen LogP contribution in [0.3, 0.4) is 0 Å². The Kier molecular flexibility index (Phi) is 6.54. The number of anilines is 2. The van der Waals surface area contributed by atoms with E-state index in [1.165, 1.54) is 17.0 Å². The minimum absolute atomic E-state index is 0.186. The fraction of sp³-hybridized carbons (Fsp3) is 0.200. The average Bonchev–Trinajstić information content (AvgIpc) is 3.28. The average molecular weight is 636 g/mol. The lowest BCUT2D eigenvalue weighted by Gasteiger charge is -2.45. The molecule has 3 amide bonds. The molecule has 0 aromatic heterocycles. The maximum atomic E-state index is 13.9. The molecule has 214 valence electrons. The summed E-state index contributed by atoms with van der Waals surface area (Å²) in [6.45, 7) is 3.34. The lowest BCUT2D eigenvalue weighted by atomic mass is 9.55. The van der Waals surface area contributed by atoms with Crippen molar-refractivity contribution in [3.63, 3.8) is 0 Å². The summed E-state index contributed by atoms with van der Waals surface area (Å²) in [6.07, 6.45) is 0. The minimum Gasteiger partial charge on any atom is -0.452 e. The Balaban J connectivity index is 1.08. The van der Waals surface area contributed by atoms with E-state index < -0.39 is 30.3 Å². The van der Waals surface area contributed by atoms with E-state index in [0.29, 0.717) is 11.4 Å². The number of imide groups is 1. The molecule has 4 aromatic carbocycles. The molecule has 0 unspecified atom stereocenters. The standard InChI is InChI=1S/C35H27BrN2O5/c1-18-16-27(19(2)15-26(18)36)37-28(39)17-43-35(42)20-11-13-21(14-12-20)38-33(40)31-29-22-7-3-4-8-23(22)30(32(31)34(38)41)25-10-6-5-9-24(25)29/h3-16,29-32H,17H2,1-2H3,(H,37,39)/t29?,30?,31-,32-/m1/s1. The monoisotopic (exact) mass is 634 g/mol. The van der Waals surface area contributed by atoms with Crippen LogP contribution >= 0.6 is 15.9 Å². The van der Waals surface area contributed by atoms with Crippen LogP contribution in [0.2, 0.25) is 0 Å². The van der Waals surface area contributed by atoms with Crippen LogP contribution in [0.4, 0.5) is 11.4 Å². The number of nitrogens with zero attached hydrogens (tertiary/aromatic N) is 1. The van der Waals surface area contributed by atoms with E-state index >= 15 is 0 Å². The van der Waals surface area contributed by atoms with Gasteiger partial charge >= 0.3 is 5.97 Å². The van der Waals surface area contributed by atoms with Gasteiger partial charge in [-0.05, 0) is 83.6 Å². The molecule has 0 radical (unpaired) electrons. The van der Waals surface area contributed by atoms with Gasteiger partial charge in [-0.1, -0.05) is 64.5 Å². The highest BCUT2D eigenvalue weighted by Crippen LogP contribution is 2.61. The van der Waals surface area contributed by atoms with Crippen LogP contribution in [0, 0.1) is 25.7 Å². The third-order valence-electron chi connectivity index (χ3n) is 8.92. The first-order chi connectivity index (χ1) is 20.7. The lowest BCUT2D eigenvalue weighted by Crippen LogP contribution is -2.41. The molecule has 2 bridgehead atoms. The van der Waals surface area contributed by atoms with Gasteiger partial charge in [-0.25, -0.2) is 9.69 Å². The van der Waals surface area contributed by atoms with E-state index in [-0.39, 0.29) is 29.2 Å². The highest BCUT2D eigenvalue weighted by Gasteiger charge is 2.61. The Hall–Kier alpha value is -4.56. The van der Waals surface area contributed by atoms with Crippen molar-refractivity contribution in [2.45, 2.75) is 25.7 Å². The number of nitrogens with one attached hydrogen (secondary N) is 1. The van der Waals surface area contributed by atoms with Gasteiger partial charge in [0.25, 0.3) is 5.91 Å². The first-order valence-electron chi connectivity index (χ1n) is 14.1. The quantitative estimate of drug-likeness (QED) is 0.207. The fourth-order valence-electron chi connectivity index (χ4n) is 6.99. The number of rotatable bonds is 5. The molecule has 0 spiro atoms. The molecule has 4 aromatic rings. The number of hydrogen-bond acceptors (Lipinski definition) is 5. The first-order valence-corrected chi connectivity index (χ1v) is 14.9. The molecule has 2 atom stereocenters. The molecule has 8 rings (SSSR count). The Morgan fingerprint density at radius 2 is 1.28 bits per heavy atom. The second-order valence-electron chi connectivity index (χ2n) is 11.4. The second kappa shape index (κ2) is 10.3. The van der Waals surface area contributed by atoms with Crippen LogP contribution in [-0.4, -0.2) is 30.3 Å². The van der Waals surface area contributed by atoms with Crippen LogP contribution in [0.1, 0.15) is 55.6 Å². The molecule has 1 N–H and O–H groups in total. The van der Waals surface area contributed by atoms with Gasteiger partial charge in [0.2, 0.25) is 11.8 Å². The van der Waals surface area contributed by atoms with Gasteiger partial charge in [0, 0.05) is 22.0 Å². The maximum absolute atomic E-state index is 13.9. The van der Waals surface area contributed by atoms with Crippen LogP contribution in [0.5, 0.6) is 0 Å². The molecule has 1 aliphatic heterocycles. The van der Waals surface area contributed by atoms with E-state index in [1.54, 1.807) is 12.1 Å². The number of aryl methyl sites for hydroxylation is 2. The zero-order valence-corrected chi connectivity index (χ0v) is 25.1. The summed E-state index contributed by atoms with van der Waals surface area (Å²) < 4.78 is 6.18. The molecule has 3 aliphatic carbocycles. The third kappa shape index (κ3) is 4.31. The van der Waals surface area contributed by atoms with Crippen molar-refractivity contribution in [2.24, 2.45) is 11.8 Å². The summed E-state index contributed by atoms with van der Waals surface area (Å²) in [7, 11) is 0. The lowest BCUT2D eigenvalue weighted by molar-refractivity contribution is -0.122. The number of hydrogen-bond donors (Lipinski definition) is 1. The highest BCUT2D eigenvalue weighted by molar-refractivity contribution is 9.10. The smallest absolute Gasteiger partial charge is 0.338 e. The molecule has 7 nitrogen and oxygen atoms in total. The molecule has 43 heavy (non-hydrogen) atoms. The van der Waals surface area contributed by atoms with Gasteiger partial charge in [-0.15, -0.1) is 0 Å². The maximum Gasteiger partial charge on any atom is 0.338 e. The Labute approximate surface area is 257 Å². The van der Waals surface area contributed by atoms with Crippen molar-refractivity contribution in [3.05, 3.63) is 128 Å². The number of halogens is 1. The summed E-state index contributed by atoms with van der Waals surface area (Å²) in [6, 6.07) is 26.2. The third-order valence-corrected chi connectivity index (χ3v) is 9.78. The highest BCUT2D eigenvalue weighted by atomic mass is 79.9. The second-order valence-corrected chi connectivity index (χ2v) is 12.2. The fourth-order valence-corrected chi connectivity index (χ4v) is 7.45. The zero-order valence-electron chi connectivity index (χ0n) is 23.5.